The summed E-state index contributed by atoms with van der Waals surface area (Å²) in [6, 6.07) is 10.7. The number of aliphatic carboxylic acids is 1. The highest BCUT2D eigenvalue weighted by molar-refractivity contribution is 5.96. The van der Waals surface area contributed by atoms with Crippen molar-refractivity contribution < 1.29 is 19.4 Å². The first-order valence-electron chi connectivity index (χ1n) is 6.32. The number of carboxylic acids is 1. The minimum absolute atomic E-state index is 0.191. The summed E-state index contributed by atoms with van der Waals surface area (Å²) in [6.07, 6.45) is 2.56. The van der Waals surface area contributed by atoms with Gasteiger partial charge >= 0.3 is 5.97 Å². The van der Waals surface area contributed by atoms with Crippen molar-refractivity contribution >= 4 is 11.9 Å². The molecule has 1 aromatic heterocycles. The molecule has 0 spiro atoms. The van der Waals surface area contributed by atoms with Gasteiger partial charge in [-0.05, 0) is 5.56 Å². The van der Waals surface area contributed by atoms with E-state index < -0.39 is 17.9 Å². The van der Waals surface area contributed by atoms with E-state index in [0.29, 0.717) is 4.73 Å². The van der Waals surface area contributed by atoms with Crippen LogP contribution in [0, 0.1) is 5.21 Å². The molecule has 0 radical (unpaired) electrons. The summed E-state index contributed by atoms with van der Waals surface area (Å²) >= 11 is 0. The molecule has 6 heteroatoms. The molecule has 0 aliphatic heterocycles. The average Bonchev–Trinajstić information content (AvgIpc) is 2.48. The van der Waals surface area contributed by atoms with Crippen LogP contribution in [0.1, 0.15) is 15.9 Å². The molecule has 2 aromatic rings. The molecule has 6 nitrogen and oxygen atoms in total. The van der Waals surface area contributed by atoms with Gasteiger partial charge < -0.3 is 15.6 Å². The van der Waals surface area contributed by atoms with Gasteiger partial charge in [-0.3, -0.25) is 4.79 Å². The Balaban J connectivity index is 2.07. The first kappa shape index (κ1) is 14.5. The summed E-state index contributed by atoms with van der Waals surface area (Å²) in [7, 11) is 0. The maximum Gasteiger partial charge on any atom is 0.326 e. The summed E-state index contributed by atoms with van der Waals surface area (Å²) in [4.78, 5) is 23.2. The summed E-state index contributed by atoms with van der Waals surface area (Å²) in [6.45, 7) is 0. The van der Waals surface area contributed by atoms with E-state index in [1.165, 1.54) is 24.5 Å². The van der Waals surface area contributed by atoms with Gasteiger partial charge in [-0.25, -0.2) is 4.79 Å². The number of carbonyl (C=O) groups excluding carboxylic acids is 1. The molecule has 0 aliphatic carbocycles. The molecule has 1 atom stereocenters. The van der Waals surface area contributed by atoms with Crippen molar-refractivity contribution in [3.05, 3.63) is 71.2 Å². The van der Waals surface area contributed by atoms with Crippen LogP contribution in [-0.2, 0) is 11.2 Å². The Morgan fingerprint density at radius 2 is 1.76 bits per heavy atom. The van der Waals surface area contributed by atoms with E-state index in [2.05, 4.69) is 5.32 Å². The van der Waals surface area contributed by atoms with E-state index in [4.69, 9.17) is 0 Å². The van der Waals surface area contributed by atoms with Crippen LogP contribution >= 0.6 is 0 Å². The molecule has 21 heavy (non-hydrogen) atoms. The minimum Gasteiger partial charge on any atom is -0.619 e. The third kappa shape index (κ3) is 4.04. The lowest BCUT2D eigenvalue weighted by molar-refractivity contribution is -0.605. The highest BCUT2D eigenvalue weighted by Crippen LogP contribution is 2.05. The number of hydrogen-bond acceptors (Lipinski definition) is 3. The Labute approximate surface area is 121 Å². The molecular weight excluding hydrogens is 272 g/mol. The third-order valence-corrected chi connectivity index (χ3v) is 2.95. The van der Waals surface area contributed by atoms with E-state index in [1.54, 1.807) is 24.3 Å². The second-order valence-electron chi connectivity index (χ2n) is 4.50. The molecule has 108 valence electrons. The standard InChI is InChI=1S/C15H14N2O4/c18-14(12-6-8-17(21)9-7-12)16-13(15(19)20)10-11-4-2-1-3-5-11/h1-9,13H,10H2,(H,16,18)(H,19,20). The van der Waals surface area contributed by atoms with Crippen LogP contribution in [0.2, 0.25) is 0 Å². The molecule has 0 aliphatic rings. The van der Waals surface area contributed by atoms with Crippen LogP contribution in [-0.4, -0.2) is 23.0 Å². The van der Waals surface area contributed by atoms with Crippen molar-refractivity contribution in [1.29, 1.82) is 0 Å². The zero-order valence-electron chi connectivity index (χ0n) is 11.1. The number of carbonyl (C=O) groups is 2. The van der Waals surface area contributed by atoms with Crippen LogP contribution in [0.5, 0.6) is 0 Å². The zero-order valence-corrected chi connectivity index (χ0v) is 11.1. The molecule has 2 rings (SSSR count). The Morgan fingerprint density at radius 3 is 2.33 bits per heavy atom. The number of benzene rings is 1. The van der Waals surface area contributed by atoms with Crippen LogP contribution in [0.4, 0.5) is 0 Å². The number of amides is 1. The van der Waals surface area contributed by atoms with Crippen molar-refractivity contribution in [2.24, 2.45) is 0 Å². The number of nitrogens with zero attached hydrogens (tertiary/aromatic N) is 1. The molecule has 1 heterocycles. The predicted molar refractivity (Wildman–Crippen MR) is 74.4 cm³/mol. The van der Waals surface area contributed by atoms with Gasteiger partial charge in [-0.1, -0.05) is 30.3 Å². The lowest BCUT2D eigenvalue weighted by Crippen LogP contribution is -2.42. The monoisotopic (exact) mass is 286 g/mol. The second-order valence-corrected chi connectivity index (χ2v) is 4.50. The van der Waals surface area contributed by atoms with Gasteiger partial charge in [0, 0.05) is 18.6 Å². The van der Waals surface area contributed by atoms with Gasteiger partial charge in [0.05, 0.1) is 5.56 Å². The fourth-order valence-electron chi connectivity index (χ4n) is 1.86. The number of aromatic nitrogens is 1. The molecule has 0 bridgehead atoms. The fraction of sp³-hybridized carbons (Fsp3) is 0.133. The van der Waals surface area contributed by atoms with Gasteiger partial charge in [-0.15, -0.1) is 0 Å². The SMILES string of the molecule is O=C(NC(Cc1ccccc1)C(=O)O)c1cc[n+]([O-])cc1. The van der Waals surface area contributed by atoms with E-state index in [1.807, 2.05) is 6.07 Å². The van der Waals surface area contributed by atoms with Gasteiger partial charge in [0.1, 0.15) is 6.04 Å². The predicted octanol–water partition coefficient (Wildman–Crippen LogP) is 0.746. The summed E-state index contributed by atoms with van der Waals surface area (Å²) < 4.78 is 0.551. The summed E-state index contributed by atoms with van der Waals surface area (Å²) in [5.41, 5.74) is 1.05. The number of hydrogen-bond donors (Lipinski definition) is 2. The maximum absolute atomic E-state index is 12.0. The largest absolute Gasteiger partial charge is 0.619 e. The highest BCUT2D eigenvalue weighted by atomic mass is 16.5. The maximum atomic E-state index is 12.0. The smallest absolute Gasteiger partial charge is 0.326 e. The van der Waals surface area contributed by atoms with Crippen LogP contribution in [0.3, 0.4) is 0 Å². The Morgan fingerprint density at radius 1 is 1.14 bits per heavy atom. The third-order valence-electron chi connectivity index (χ3n) is 2.95. The second kappa shape index (κ2) is 6.51. The van der Waals surface area contributed by atoms with E-state index in [9.17, 15) is 19.9 Å². The Kier molecular flexibility index (Phi) is 4.50. The van der Waals surface area contributed by atoms with E-state index in [-0.39, 0.29) is 12.0 Å². The van der Waals surface area contributed by atoms with Gasteiger partial charge in [0.15, 0.2) is 12.4 Å². The number of rotatable bonds is 5. The lowest BCUT2D eigenvalue weighted by Gasteiger charge is -2.14. The first-order valence-corrected chi connectivity index (χ1v) is 6.32. The van der Waals surface area contributed by atoms with Crippen molar-refractivity contribution in [1.82, 2.24) is 5.32 Å². The van der Waals surface area contributed by atoms with Crippen molar-refractivity contribution in [3.63, 3.8) is 0 Å². The molecule has 1 aromatic carbocycles. The molecule has 0 saturated heterocycles. The zero-order chi connectivity index (χ0) is 15.2. The molecule has 0 fully saturated rings. The van der Waals surface area contributed by atoms with Crippen LogP contribution in [0.25, 0.3) is 0 Å². The molecular formula is C15H14N2O4. The normalized spacial score (nSPS) is 11.6. The van der Waals surface area contributed by atoms with Crippen LogP contribution in [0.15, 0.2) is 54.9 Å². The van der Waals surface area contributed by atoms with Gasteiger partial charge in [0.2, 0.25) is 0 Å². The topological polar surface area (TPSA) is 93.3 Å². The van der Waals surface area contributed by atoms with E-state index in [0.717, 1.165) is 5.56 Å². The molecule has 2 N–H and O–H groups in total. The first-order chi connectivity index (χ1) is 10.1. The van der Waals surface area contributed by atoms with Crippen molar-refractivity contribution in [2.45, 2.75) is 12.5 Å². The fourth-order valence-corrected chi connectivity index (χ4v) is 1.86. The van der Waals surface area contributed by atoms with Gasteiger partial charge in [-0.2, -0.15) is 4.73 Å². The average molecular weight is 286 g/mol. The summed E-state index contributed by atoms with van der Waals surface area (Å²) in [5.74, 6) is -1.64. The molecule has 1 amide bonds. The Hall–Kier alpha value is -2.89. The van der Waals surface area contributed by atoms with Gasteiger partial charge in [0.25, 0.3) is 5.91 Å². The number of nitrogens with one attached hydrogen (secondary N) is 1. The van der Waals surface area contributed by atoms with Crippen molar-refractivity contribution in [2.75, 3.05) is 0 Å². The highest BCUT2D eigenvalue weighted by Gasteiger charge is 2.21. The summed E-state index contributed by atoms with van der Waals surface area (Å²) in [5, 5.41) is 22.6. The Bertz CT molecular complexity index is 626. The van der Waals surface area contributed by atoms with Crippen LogP contribution < -0.4 is 10.0 Å². The van der Waals surface area contributed by atoms with Crippen molar-refractivity contribution in [3.8, 4) is 0 Å². The molecule has 0 saturated carbocycles. The minimum atomic E-state index is -1.11. The molecule has 1 unspecified atom stereocenters. The quantitative estimate of drug-likeness (QED) is 0.626. The number of carboxylic acid groups (broad SMARTS) is 1. The lowest BCUT2D eigenvalue weighted by atomic mass is 10.1. The van der Waals surface area contributed by atoms with E-state index >= 15 is 0 Å². The number of pyridine rings is 1.